The van der Waals surface area contributed by atoms with E-state index in [4.69, 9.17) is 16.3 Å². The molecule has 0 aliphatic carbocycles. The Labute approximate surface area is 149 Å². The number of carbonyl (C=O) groups excluding carboxylic acids is 1. The molecule has 2 aromatic carbocycles. The van der Waals surface area contributed by atoms with E-state index in [1.54, 1.807) is 35.6 Å². The van der Waals surface area contributed by atoms with Gasteiger partial charge in [-0.15, -0.1) is 11.3 Å². The number of para-hydroxylation sites is 1. The third kappa shape index (κ3) is 4.13. The number of thiazole rings is 1. The van der Waals surface area contributed by atoms with Gasteiger partial charge in [0.25, 0.3) is 5.91 Å². The largest absolute Gasteiger partial charge is 0.484 e. The Morgan fingerprint density at radius 2 is 2.08 bits per heavy atom. The van der Waals surface area contributed by atoms with E-state index >= 15 is 0 Å². The molecule has 0 unspecified atom stereocenters. The molecule has 0 saturated carbocycles. The summed E-state index contributed by atoms with van der Waals surface area (Å²) in [5.74, 6) is 0.315. The third-order valence-electron chi connectivity index (χ3n) is 3.26. The second-order valence-electron chi connectivity index (χ2n) is 5.09. The molecule has 3 aromatic rings. The van der Waals surface area contributed by atoms with Crippen LogP contribution in [-0.2, 0) is 4.79 Å². The Hall–Kier alpha value is -2.37. The first-order valence-corrected chi connectivity index (χ1v) is 8.57. The minimum Gasteiger partial charge on any atom is -0.484 e. The van der Waals surface area contributed by atoms with Gasteiger partial charge >= 0.3 is 0 Å². The number of nitrogens with zero attached hydrogens (tertiary/aromatic N) is 1. The highest BCUT2D eigenvalue weighted by Gasteiger charge is 2.11. The fourth-order valence-corrected chi connectivity index (χ4v) is 2.99. The minimum absolute atomic E-state index is 0.0925. The number of aromatic nitrogens is 1. The summed E-state index contributed by atoms with van der Waals surface area (Å²) in [5, 5.41) is 6.39. The van der Waals surface area contributed by atoms with Gasteiger partial charge in [-0.25, -0.2) is 4.98 Å². The molecule has 6 heteroatoms. The fourth-order valence-electron chi connectivity index (χ4n) is 2.19. The first-order valence-electron chi connectivity index (χ1n) is 7.31. The number of hydrogen-bond donors (Lipinski definition) is 1. The normalized spacial score (nSPS) is 10.4. The summed E-state index contributed by atoms with van der Waals surface area (Å²) in [6.45, 7) is 1.86. The Morgan fingerprint density at radius 1 is 1.25 bits per heavy atom. The van der Waals surface area contributed by atoms with E-state index in [9.17, 15) is 4.79 Å². The van der Waals surface area contributed by atoms with Crippen molar-refractivity contribution in [2.75, 3.05) is 11.9 Å². The Morgan fingerprint density at radius 3 is 2.83 bits per heavy atom. The highest BCUT2D eigenvalue weighted by Crippen LogP contribution is 2.28. The maximum Gasteiger partial charge on any atom is 0.262 e. The average molecular weight is 359 g/mol. The van der Waals surface area contributed by atoms with E-state index in [2.05, 4.69) is 10.3 Å². The molecule has 0 aliphatic heterocycles. The van der Waals surface area contributed by atoms with E-state index in [1.807, 2.05) is 36.6 Å². The lowest BCUT2D eigenvalue weighted by Gasteiger charge is -2.10. The highest BCUT2D eigenvalue weighted by atomic mass is 35.5. The van der Waals surface area contributed by atoms with Crippen LogP contribution < -0.4 is 10.1 Å². The summed E-state index contributed by atoms with van der Waals surface area (Å²) in [6, 6.07) is 14.5. The maximum atomic E-state index is 12.2. The summed E-state index contributed by atoms with van der Waals surface area (Å²) in [6.07, 6.45) is 0. The molecule has 1 amide bonds. The molecule has 1 aromatic heterocycles. The van der Waals surface area contributed by atoms with E-state index in [0.717, 1.165) is 16.3 Å². The standard InChI is InChI=1S/C18H15ClN2O2S/c1-12-20-17(11-24-12)15-7-2-3-8-16(15)21-18(22)10-23-14-6-4-5-13(19)9-14/h2-9,11H,10H2,1H3,(H,21,22). The molecule has 0 aliphatic rings. The number of halogens is 1. The van der Waals surface area contributed by atoms with Gasteiger partial charge in [-0.1, -0.05) is 35.9 Å². The lowest BCUT2D eigenvalue weighted by molar-refractivity contribution is -0.118. The summed E-state index contributed by atoms with van der Waals surface area (Å²) in [4.78, 5) is 16.6. The zero-order valence-corrected chi connectivity index (χ0v) is 14.5. The maximum absolute atomic E-state index is 12.2. The van der Waals surface area contributed by atoms with Gasteiger partial charge in [-0.2, -0.15) is 0 Å². The third-order valence-corrected chi connectivity index (χ3v) is 4.27. The lowest BCUT2D eigenvalue weighted by Crippen LogP contribution is -2.20. The minimum atomic E-state index is -0.241. The van der Waals surface area contributed by atoms with E-state index in [1.165, 1.54) is 0 Å². The van der Waals surface area contributed by atoms with Crippen LogP contribution in [0.1, 0.15) is 5.01 Å². The average Bonchev–Trinajstić information content (AvgIpc) is 3.00. The van der Waals surface area contributed by atoms with Crippen molar-refractivity contribution in [1.82, 2.24) is 4.98 Å². The monoisotopic (exact) mass is 358 g/mol. The quantitative estimate of drug-likeness (QED) is 0.713. The van der Waals surface area contributed by atoms with Crippen molar-refractivity contribution < 1.29 is 9.53 Å². The number of amides is 1. The number of anilines is 1. The van der Waals surface area contributed by atoms with Crippen LogP contribution in [0.5, 0.6) is 5.75 Å². The number of benzene rings is 2. The first kappa shape index (κ1) is 16.5. The molecule has 4 nitrogen and oxygen atoms in total. The SMILES string of the molecule is Cc1nc(-c2ccccc2NC(=O)COc2cccc(Cl)c2)cs1. The van der Waals surface area contributed by atoms with Crippen LogP contribution in [0.25, 0.3) is 11.3 Å². The molecule has 1 N–H and O–H groups in total. The van der Waals surface area contributed by atoms with Crippen LogP contribution in [0.3, 0.4) is 0 Å². The van der Waals surface area contributed by atoms with Gasteiger partial charge in [0.15, 0.2) is 6.61 Å². The molecule has 0 saturated heterocycles. The number of nitrogens with one attached hydrogen (secondary N) is 1. The zero-order valence-electron chi connectivity index (χ0n) is 13.0. The topological polar surface area (TPSA) is 51.2 Å². The van der Waals surface area contributed by atoms with Gasteiger partial charge in [0.1, 0.15) is 5.75 Å². The molecule has 0 bridgehead atoms. The molecule has 24 heavy (non-hydrogen) atoms. The number of aryl methyl sites for hydroxylation is 1. The fraction of sp³-hybridized carbons (Fsp3) is 0.111. The molecule has 122 valence electrons. The lowest BCUT2D eigenvalue weighted by atomic mass is 10.1. The van der Waals surface area contributed by atoms with Crippen LogP contribution in [0.15, 0.2) is 53.9 Å². The van der Waals surface area contributed by atoms with Crippen LogP contribution in [0.4, 0.5) is 5.69 Å². The van der Waals surface area contributed by atoms with Crippen molar-refractivity contribution in [1.29, 1.82) is 0 Å². The van der Waals surface area contributed by atoms with Crippen molar-refractivity contribution in [3.8, 4) is 17.0 Å². The van der Waals surface area contributed by atoms with E-state index in [0.29, 0.717) is 16.5 Å². The summed E-state index contributed by atoms with van der Waals surface area (Å²) in [7, 11) is 0. The Balaban J connectivity index is 1.68. The molecule has 0 atom stereocenters. The van der Waals surface area contributed by atoms with Crippen molar-refractivity contribution in [2.24, 2.45) is 0 Å². The highest BCUT2D eigenvalue weighted by molar-refractivity contribution is 7.09. The van der Waals surface area contributed by atoms with Gasteiger partial charge in [0.2, 0.25) is 0 Å². The smallest absolute Gasteiger partial charge is 0.262 e. The Kier molecular flexibility index (Phi) is 5.13. The second kappa shape index (κ2) is 7.47. The van der Waals surface area contributed by atoms with E-state index < -0.39 is 0 Å². The van der Waals surface area contributed by atoms with Crippen LogP contribution >= 0.6 is 22.9 Å². The Bertz CT molecular complexity index is 863. The summed E-state index contributed by atoms with van der Waals surface area (Å²) in [5.41, 5.74) is 2.45. The first-order chi connectivity index (χ1) is 11.6. The predicted octanol–water partition coefficient (Wildman–Crippen LogP) is 4.79. The molecule has 0 radical (unpaired) electrons. The molecular weight excluding hydrogens is 344 g/mol. The van der Waals surface area contributed by atoms with Gasteiger partial charge in [-0.05, 0) is 31.2 Å². The summed E-state index contributed by atoms with van der Waals surface area (Å²) >= 11 is 7.47. The molecule has 1 heterocycles. The number of carbonyl (C=O) groups is 1. The predicted molar refractivity (Wildman–Crippen MR) is 97.9 cm³/mol. The van der Waals surface area contributed by atoms with Crippen LogP contribution in [0, 0.1) is 6.92 Å². The number of hydrogen-bond acceptors (Lipinski definition) is 4. The number of rotatable bonds is 5. The van der Waals surface area contributed by atoms with Crippen molar-refractivity contribution in [3.05, 3.63) is 63.9 Å². The molecular formula is C18H15ClN2O2S. The van der Waals surface area contributed by atoms with Gasteiger partial charge < -0.3 is 10.1 Å². The molecule has 0 spiro atoms. The summed E-state index contributed by atoms with van der Waals surface area (Å²) < 4.78 is 5.46. The van der Waals surface area contributed by atoms with Gasteiger partial charge in [0.05, 0.1) is 16.4 Å². The van der Waals surface area contributed by atoms with Gasteiger partial charge in [0, 0.05) is 16.0 Å². The van der Waals surface area contributed by atoms with Crippen LogP contribution in [-0.4, -0.2) is 17.5 Å². The van der Waals surface area contributed by atoms with E-state index in [-0.39, 0.29) is 12.5 Å². The van der Waals surface area contributed by atoms with Crippen molar-refractivity contribution >= 4 is 34.5 Å². The van der Waals surface area contributed by atoms with Gasteiger partial charge in [-0.3, -0.25) is 4.79 Å². The second-order valence-corrected chi connectivity index (χ2v) is 6.59. The molecule has 0 fully saturated rings. The zero-order chi connectivity index (χ0) is 16.9. The number of ether oxygens (including phenoxy) is 1. The van der Waals surface area contributed by atoms with Crippen molar-refractivity contribution in [2.45, 2.75) is 6.92 Å². The molecule has 3 rings (SSSR count). The van der Waals surface area contributed by atoms with Crippen molar-refractivity contribution in [3.63, 3.8) is 0 Å². The van der Waals surface area contributed by atoms with Crippen LogP contribution in [0.2, 0.25) is 5.02 Å².